The second-order valence-corrected chi connectivity index (χ2v) is 5.31. The number of nitrogens with one attached hydrogen (secondary N) is 1. The van der Waals surface area contributed by atoms with Gasteiger partial charge >= 0.3 is 0 Å². The molecule has 0 bridgehead atoms. The highest BCUT2D eigenvalue weighted by molar-refractivity contribution is 5.49. The number of benzene rings is 1. The summed E-state index contributed by atoms with van der Waals surface area (Å²) in [6.45, 7) is 5.79. The number of aryl methyl sites for hydroxylation is 2. The van der Waals surface area contributed by atoms with Crippen LogP contribution in [0, 0.1) is 35.3 Å². The number of nitro benzene ring substituents is 1. The van der Waals surface area contributed by atoms with Gasteiger partial charge in [0.2, 0.25) is 0 Å². The van der Waals surface area contributed by atoms with Crippen LogP contribution in [0.2, 0.25) is 0 Å². The zero-order valence-corrected chi connectivity index (χ0v) is 12.9. The van der Waals surface area contributed by atoms with E-state index in [0.29, 0.717) is 24.3 Å². The van der Waals surface area contributed by atoms with Gasteiger partial charge in [-0.05, 0) is 52.3 Å². The molecule has 0 aliphatic heterocycles. The van der Waals surface area contributed by atoms with Crippen molar-refractivity contribution >= 4 is 5.69 Å². The van der Waals surface area contributed by atoms with Crippen LogP contribution in [-0.2, 0) is 0 Å². The lowest BCUT2D eigenvalue weighted by Crippen LogP contribution is -2.38. The summed E-state index contributed by atoms with van der Waals surface area (Å²) in [6, 6.07) is 5.44. The Kier molecular flexibility index (Phi) is 5.68. The van der Waals surface area contributed by atoms with E-state index < -0.39 is 10.5 Å². The second-order valence-electron chi connectivity index (χ2n) is 5.31. The predicted molar refractivity (Wildman–Crippen MR) is 80.4 cm³/mol. The molecular weight excluding hydrogens is 270 g/mol. The number of hydrogen-bond donors (Lipinski definition) is 1. The zero-order chi connectivity index (χ0) is 16.0. The second kappa shape index (κ2) is 7.04. The normalized spacial score (nSPS) is 13.3. The molecule has 1 atom stereocenters. The maximum Gasteiger partial charge on any atom is 0.272 e. The summed E-state index contributed by atoms with van der Waals surface area (Å²) in [5.74, 6) is 0.654. The van der Waals surface area contributed by atoms with Crippen LogP contribution in [0.25, 0.3) is 0 Å². The minimum absolute atomic E-state index is 0.104. The van der Waals surface area contributed by atoms with Crippen molar-refractivity contribution in [2.75, 3.05) is 13.7 Å². The lowest BCUT2D eigenvalue weighted by Gasteiger charge is -2.20. The summed E-state index contributed by atoms with van der Waals surface area (Å²) in [7, 11) is 1.76. The van der Waals surface area contributed by atoms with E-state index >= 15 is 0 Å². The molecular formula is C15H21N3O3. The summed E-state index contributed by atoms with van der Waals surface area (Å²) in [4.78, 5) is 10.5. The lowest BCUT2D eigenvalue weighted by atomic mass is 9.98. The Morgan fingerprint density at radius 3 is 2.62 bits per heavy atom. The van der Waals surface area contributed by atoms with Gasteiger partial charge < -0.3 is 10.1 Å². The van der Waals surface area contributed by atoms with Crippen molar-refractivity contribution < 1.29 is 9.66 Å². The summed E-state index contributed by atoms with van der Waals surface area (Å²) in [6.07, 6.45) is 1.39. The number of nitro groups is 1. The molecule has 0 amide bonds. The Bertz CT molecular complexity index is 566. The quantitative estimate of drug-likeness (QED) is 0.474. The molecule has 21 heavy (non-hydrogen) atoms. The third-order valence-electron chi connectivity index (χ3n) is 3.57. The highest BCUT2D eigenvalue weighted by Crippen LogP contribution is 2.27. The first-order valence-electron chi connectivity index (χ1n) is 6.81. The van der Waals surface area contributed by atoms with Crippen molar-refractivity contribution in [3.63, 3.8) is 0 Å². The van der Waals surface area contributed by atoms with Gasteiger partial charge in [-0.3, -0.25) is 10.1 Å². The van der Waals surface area contributed by atoms with Crippen LogP contribution < -0.4 is 10.1 Å². The number of hydrogen-bond acceptors (Lipinski definition) is 5. The van der Waals surface area contributed by atoms with Crippen LogP contribution in [0.4, 0.5) is 5.69 Å². The molecule has 6 heteroatoms. The minimum Gasteiger partial charge on any atom is -0.493 e. The van der Waals surface area contributed by atoms with Gasteiger partial charge in [-0.15, -0.1) is 0 Å². The van der Waals surface area contributed by atoms with Gasteiger partial charge in [-0.1, -0.05) is 0 Å². The third kappa shape index (κ3) is 4.43. The first kappa shape index (κ1) is 16.9. The molecule has 1 rings (SSSR count). The Hall–Kier alpha value is -2.13. The smallest absolute Gasteiger partial charge is 0.272 e. The van der Waals surface area contributed by atoms with Crippen LogP contribution in [0.5, 0.6) is 5.75 Å². The lowest BCUT2D eigenvalue weighted by molar-refractivity contribution is -0.385. The summed E-state index contributed by atoms with van der Waals surface area (Å²) in [5.41, 5.74) is 0.873. The van der Waals surface area contributed by atoms with Crippen molar-refractivity contribution in [2.24, 2.45) is 0 Å². The maximum absolute atomic E-state index is 10.8. The highest BCUT2D eigenvalue weighted by atomic mass is 16.6. The molecule has 0 aliphatic rings. The molecule has 1 aromatic rings. The van der Waals surface area contributed by atoms with E-state index in [1.165, 1.54) is 6.07 Å². The molecule has 0 radical (unpaired) electrons. The summed E-state index contributed by atoms with van der Waals surface area (Å²) < 4.78 is 5.68. The SMILES string of the molecule is CNC(C)(C#N)CCCOc1cc(C)c([N+](=O)[O-])cc1C. The average Bonchev–Trinajstić information content (AvgIpc) is 2.46. The zero-order valence-electron chi connectivity index (χ0n) is 12.9. The van der Waals surface area contributed by atoms with Gasteiger partial charge in [-0.2, -0.15) is 5.26 Å². The fraction of sp³-hybridized carbons (Fsp3) is 0.533. The molecule has 0 heterocycles. The first-order valence-corrected chi connectivity index (χ1v) is 6.81. The van der Waals surface area contributed by atoms with Crippen LogP contribution in [0.15, 0.2) is 12.1 Å². The molecule has 1 N–H and O–H groups in total. The molecule has 114 valence electrons. The maximum atomic E-state index is 10.8. The van der Waals surface area contributed by atoms with E-state index in [4.69, 9.17) is 10.00 Å². The van der Waals surface area contributed by atoms with Crippen molar-refractivity contribution in [2.45, 2.75) is 39.2 Å². The Morgan fingerprint density at radius 1 is 1.43 bits per heavy atom. The van der Waals surface area contributed by atoms with Crippen molar-refractivity contribution in [3.8, 4) is 11.8 Å². The van der Waals surface area contributed by atoms with Crippen LogP contribution >= 0.6 is 0 Å². The number of nitrogens with zero attached hydrogens (tertiary/aromatic N) is 2. The van der Waals surface area contributed by atoms with Gasteiger partial charge in [0.05, 0.1) is 17.6 Å². The van der Waals surface area contributed by atoms with Gasteiger partial charge in [-0.25, -0.2) is 0 Å². The number of ether oxygens (including phenoxy) is 1. The predicted octanol–water partition coefficient (Wildman–Crippen LogP) is 2.87. The van der Waals surface area contributed by atoms with Gasteiger partial charge in [0.1, 0.15) is 11.3 Å². The molecule has 1 unspecified atom stereocenters. The van der Waals surface area contributed by atoms with E-state index in [9.17, 15) is 10.1 Å². The minimum atomic E-state index is -0.552. The van der Waals surface area contributed by atoms with Crippen LogP contribution in [-0.4, -0.2) is 24.1 Å². The Balaban J connectivity index is 2.63. The van der Waals surface area contributed by atoms with E-state index in [0.717, 1.165) is 12.0 Å². The molecule has 0 saturated heterocycles. The summed E-state index contributed by atoms with van der Waals surface area (Å²) >= 11 is 0. The fourth-order valence-electron chi connectivity index (χ4n) is 1.97. The van der Waals surface area contributed by atoms with Gasteiger partial charge in [0.15, 0.2) is 0 Å². The van der Waals surface area contributed by atoms with E-state index in [1.807, 2.05) is 6.92 Å². The van der Waals surface area contributed by atoms with E-state index in [-0.39, 0.29) is 5.69 Å². The van der Waals surface area contributed by atoms with Crippen LogP contribution in [0.3, 0.4) is 0 Å². The first-order chi connectivity index (χ1) is 9.83. The number of rotatable bonds is 7. The van der Waals surface area contributed by atoms with E-state index in [2.05, 4.69) is 11.4 Å². The van der Waals surface area contributed by atoms with Crippen molar-refractivity contribution in [1.82, 2.24) is 5.32 Å². The molecule has 6 nitrogen and oxygen atoms in total. The standard InChI is InChI=1S/C15H21N3O3/c1-11-9-14(12(2)8-13(11)18(19)20)21-7-5-6-15(3,10-16)17-4/h8-9,17H,5-7H2,1-4H3. The van der Waals surface area contributed by atoms with Crippen LogP contribution in [0.1, 0.15) is 30.9 Å². The Labute approximate surface area is 124 Å². The Morgan fingerprint density at radius 2 is 2.10 bits per heavy atom. The fourth-order valence-corrected chi connectivity index (χ4v) is 1.97. The molecule has 0 aromatic heterocycles. The number of nitriles is 1. The molecule has 0 spiro atoms. The van der Waals surface area contributed by atoms with Crippen molar-refractivity contribution in [3.05, 3.63) is 33.4 Å². The molecule has 1 aromatic carbocycles. The molecule has 0 aliphatic carbocycles. The summed E-state index contributed by atoms with van der Waals surface area (Å²) in [5, 5.41) is 22.9. The monoisotopic (exact) mass is 291 g/mol. The van der Waals surface area contributed by atoms with Crippen molar-refractivity contribution in [1.29, 1.82) is 5.26 Å². The molecule has 0 fully saturated rings. The third-order valence-corrected chi connectivity index (χ3v) is 3.57. The highest BCUT2D eigenvalue weighted by Gasteiger charge is 2.20. The van der Waals surface area contributed by atoms with Gasteiger partial charge in [0, 0.05) is 11.6 Å². The topological polar surface area (TPSA) is 88.2 Å². The van der Waals surface area contributed by atoms with Gasteiger partial charge in [0.25, 0.3) is 5.69 Å². The molecule has 0 saturated carbocycles. The average molecular weight is 291 g/mol. The largest absolute Gasteiger partial charge is 0.493 e. The van der Waals surface area contributed by atoms with E-state index in [1.54, 1.807) is 27.0 Å².